The molecule has 1 saturated heterocycles. The Morgan fingerprint density at radius 2 is 1.80 bits per heavy atom. The van der Waals surface area contributed by atoms with Crippen molar-refractivity contribution in [1.29, 1.82) is 0 Å². The molecular weight excluding hydrogens is 378 g/mol. The Bertz CT molecular complexity index is 843. The van der Waals surface area contributed by atoms with Gasteiger partial charge in [0, 0.05) is 42.6 Å². The molecule has 1 aliphatic heterocycles. The van der Waals surface area contributed by atoms with Crippen LogP contribution in [0.1, 0.15) is 44.2 Å². The number of anilines is 4. The van der Waals surface area contributed by atoms with Crippen LogP contribution in [0.15, 0.2) is 30.3 Å². The fourth-order valence-electron chi connectivity index (χ4n) is 4.16. The number of morpholine rings is 1. The average Bonchev–Trinajstić information content (AvgIpc) is 3.28. The van der Waals surface area contributed by atoms with Gasteiger partial charge in [-0.25, -0.2) is 4.98 Å². The first kappa shape index (κ1) is 20.6. The third-order valence-electron chi connectivity index (χ3n) is 5.83. The first-order chi connectivity index (χ1) is 14.7. The molecule has 0 spiro atoms. The van der Waals surface area contributed by atoms with Crippen molar-refractivity contribution in [3.05, 3.63) is 36.0 Å². The van der Waals surface area contributed by atoms with Crippen molar-refractivity contribution < 1.29 is 9.53 Å². The minimum absolute atomic E-state index is 0.101. The van der Waals surface area contributed by atoms with Gasteiger partial charge in [0.15, 0.2) is 0 Å². The maximum absolute atomic E-state index is 12.2. The summed E-state index contributed by atoms with van der Waals surface area (Å²) in [5.74, 6) is 2.33. The number of hydrogen-bond acceptors (Lipinski definition) is 6. The number of nitrogens with zero attached hydrogens (tertiary/aromatic N) is 3. The van der Waals surface area contributed by atoms with Gasteiger partial charge in [0.25, 0.3) is 0 Å². The van der Waals surface area contributed by atoms with Crippen LogP contribution in [0.3, 0.4) is 0 Å². The van der Waals surface area contributed by atoms with E-state index in [0.717, 1.165) is 54.3 Å². The van der Waals surface area contributed by atoms with E-state index in [2.05, 4.69) is 25.5 Å². The monoisotopic (exact) mass is 409 g/mol. The molecule has 4 rings (SSSR count). The van der Waals surface area contributed by atoms with Gasteiger partial charge in [0.1, 0.15) is 5.82 Å². The molecule has 30 heavy (non-hydrogen) atoms. The van der Waals surface area contributed by atoms with Gasteiger partial charge >= 0.3 is 0 Å². The van der Waals surface area contributed by atoms with Crippen LogP contribution in [0, 0.1) is 12.8 Å². The number of benzene rings is 1. The van der Waals surface area contributed by atoms with Crippen molar-refractivity contribution in [2.75, 3.05) is 41.8 Å². The quantitative estimate of drug-likeness (QED) is 0.711. The van der Waals surface area contributed by atoms with E-state index < -0.39 is 0 Å². The van der Waals surface area contributed by atoms with E-state index >= 15 is 0 Å². The molecule has 2 heterocycles. The molecule has 1 saturated carbocycles. The highest BCUT2D eigenvalue weighted by atomic mass is 16.5. The summed E-state index contributed by atoms with van der Waals surface area (Å²) in [6.45, 7) is 4.99. The molecular formula is C23H31N5O2. The Kier molecular flexibility index (Phi) is 6.79. The van der Waals surface area contributed by atoms with Crippen LogP contribution in [0.5, 0.6) is 0 Å². The van der Waals surface area contributed by atoms with Crippen molar-refractivity contribution >= 4 is 29.0 Å². The topological polar surface area (TPSA) is 79.4 Å². The lowest BCUT2D eigenvalue weighted by Crippen LogP contribution is -2.37. The third-order valence-corrected chi connectivity index (χ3v) is 5.83. The van der Waals surface area contributed by atoms with Crippen molar-refractivity contribution in [2.24, 2.45) is 5.92 Å². The minimum Gasteiger partial charge on any atom is -0.378 e. The zero-order chi connectivity index (χ0) is 20.8. The van der Waals surface area contributed by atoms with Crippen LogP contribution < -0.4 is 15.5 Å². The van der Waals surface area contributed by atoms with Gasteiger partial charge in [-0.05, 0) is 43.5 Å². The molecule has 2 aromatic rings. The fourth-order valence-corrected chi connectivity index (χ4v) is 4.16. The summed E-state index contributed by atoms with van der Waals surface area (Å²) >= 11 is 0. The lowest BCUT2D eigenvalue weighted by Gasteiger charge is -2.27. The largest absolute Gasteiger partial charge is 0.378 e. The van der Waals surface area contributed by atoms with Gasteiger partial charge in [-0.3, -0.25) is 4.79 Å². The van der Waals surface area contributed by atoms with Gasteiger partial charge < -0.3 is 20.3 Å². The number of amides is 1. The van der Waals surface area contributed by atoms with Gasteiger partial charge in [-0.1, -0.05) is 25.7 Å². The van der Waals surface area contributed by atoms with Gasteiger partial charge in [0.05, 0.1) is 13.2 Å². The lowest BCUT2D eigenvalue weighted by molar-refractivity contribution is -0.116. The van der Waals surface area contributed by atoms with E-state index in [1.54, 1.807) is 0 Å². The number of aryl methyl sites for hydroxylation is 1. The van der Waals surface area contributed by atoms with Crippen LogP contribution >= 0.6 is 0 Å². The van der Waals surface area contributed by atoms with Gasteiger partial charge in [-0.15, -0.1) is 0 Å². The maximum Gasteiger partial charge on any atom is 0.227 e. The predicted molar refractivity (Wildman–Crippen MR) is 119 cm³/mol. The van der Waals surface area contributed by atoms with Crippen molar-refractivity contribution in [3.8, 4) is 0 Å². The highest BCUT2D eigenvalue weighted by Gasteiger charge is 2.17. The van der Waals surface area contributed by atoms with E-state index in [1.165, 1.54) is 25.7 Å². The van der Waals surface area contributed by atoms with E-state index in [1.807, 2.05) is 37.3 Å². The molecule has 2 N–H and O–H groups in total. The summed E-state index contributed by atoms with van der Waals surface area (Å²) in [5.41, 5.74) is 2.66. The Hall–Kier alpha value is -2.67. The molecule has 2 aliphatic rings. The molecule has 1 aromatic carbocycles. The van der Waals surface area contributed by atoms with Crippen LogP contribution in [0.4, 0.5) is 23.1 Å². The fraction of sp³-hybridized carbons (Fsp3) is 0.522. The normalized spacial score (nSPS) is 17.2. The average molecular weight is 410 g/mol. The maximum atomic E-state index is 12.2. The number of carbonyl (C=O) groups is 1. The van der Waals surface area contributed by atoms with E-state index in [0.29, 0.717) is 19.6 Å². The summed E-state index contributed by atoms with van der Waals surface area (Å²) < 4.78 is 5.41. The molecule has 7 heteroatoms. The van der Waals surface area contributed by atoms with E-state index in [9.17, 15) is 4.79 Å². The summed E-state index contributed by atoms with van der Waals surface area (Å²) in [6, 6.07) is 9.69. The van der Waals surface area contributed by atoms with E-state index in [4.69, 9.17) is 4.74 Å². The first-order valence-corrected chi connectivity index (χ1v) is 11.0. The molecule has 1 amide bonds. The molecule has 0 bridgehead atoms. The highest BCUT2D eigenvalue weighted by Crippen LogP contribution is 2.28. The molecule has 2 fully saturated rings. The van der Waals surface area contributed by atoms with Gasteiger partial charge in [0.2, 0.25) is 11.9 Å². The SMILES string of the molecule is Cc1cc(Nc2ccc(NC(=O)CCC3CCCC3)cc2)nc(N2CCOCC2)n1. The summed E-state index contributed by atoms with van der Waals surface area (Å²) in [5, 5.41) is 6.35. The molecule has 160 valence electrons. The van der Waals surface area contributed by atoms with E-state index in [-0.39, 0.29) is 5.91 Å². The number of hydrogen-bond donors (Lipinski definition) is 2. The first-order valence-electron chi connectivity index (χ1n) is 11.0. The van der Waals surface area contributed by atoms with Crippen molar-refractivity contribution in [2.45, 2.75) is 45.4 Å². The second-order valence-corrected chi connectivity index (χ2v) is 8.23. The van der Waals surface area contributed by atoms with Crippen LogP contribution in [-0.4, -0.2) is 42.2 Å². The highest BCUT2D eigenvalue weighted by molar-refractivity contribution is 5.90. The van der Waals surface area contributed by atoms with Crippen molar-refractivity contribution in [1.82, 2.24) is 9.97 Å². The van der Waals surface area contributed by atoms with Crippen LogP contribution in [-0.2, 0) is 9.53 Å². The Balaban J connectivity index is 1.32. The predicted octanol–water partition coefficient (Wildman–Crippen LogP) is 4.27. The smallest absolute Gasteiger partial charge is 0.227 e. The molecule has 1 aliphatic carbocycles. The number of ether oxygens (including phenoxy) is 1. The molecule has 0 atom stereocenters. The standard InChI is InChI=1S/C23H31N5O2/c1-17-16-21(27-23(24-17)28-12-14-30-15-13-28)25-19-7-9-20(10-8-19)26-22(29)11-6-18-4-2-3-5-18/h7-10,16,18H,2-6,11-15H2,1H3,(H,26,29)(H,24,25,27). The molecule has 0 unspecified atom stereocenters. The second kappa shape index (κ2) is 9.89. The molecule has 1 aromatic heterocycles. The number of nitrogens with one attached hydrogen (secondary N) is 2. The summed E-state index contributed by atoms with van der Waals surface area (Å²) in [6.07, 6.45) is 6.81. The zero-order valence-electron chi connectivity index (χ0n) is 17.7. The zero-order valence-corrected chi connectivity index (χ0v) is 17.7. The van der Waals surface area contributed by atoms with Crippen molar-refractivity contribution in [3.63, 3.8) is 0 Å². The number of aromatic nitrogens is 2. The molecule has 7 nitrogen and oxygen atoms in total. The Labute approximate surface area is 178 Å². The second-order valence-electron chi connectivity index (χ2n) is 8.23. The van der Waals surface area contributed by atoms with Crippen LogP contribution in [0.25, 0.3) is 0 Å². The number of carbonyl (C=O) groups excluding carboxylic acids is 1. The lowest BCUT2D eigenvalue weighted by atomic mass is 10.0. The Morgan fingerprint density at radius 1 is 1.10 bits per heavy atom. The number of rotatable bonds is 7. The van der Waals surface area contributed by atoms with Gasteiger partial charge in [-0.2, -0.15) is 4.98 Å². The molecule has 0 radical (unpaired) electrons. The summed E-state index contributed by atoms with van der Waals surface area (Å²) in [4.78, 5) is 23.6. The Morgan fingerprint density at radius 3 is 2.53 bits per heavy atom. The summed E-state index contributed by atoms with van der Waals surface area (Å²) in [7, 11) is 0. The minimum atomic E-state index is 0.101. The van der Waals surface area contributed by atoms with Crippen LogP contribution in [0.2, 0.25) is 0 Å². The third kappa shape index (κ3) is 5.69.